The lowest BCUT2D eigenvalue weighted by Gasteiger charge is -2.35. The van der Waals surface area contributed by atoms with Gasteiger partial charge in [-0.25, -0.2) is 0 Å². The first-order valence-corrected chi connectivity index (χ1v) is 9.30. The molecule has 6 heteroatoms. The maximum atomic E-state index is 12.7. The number of nitrogens with zero attached hydrogens (tertiary/aromatic N) is 1. The molecule has 0 spiro atoms. The fourth-order valence-electron chi connectivity index (χ4n) is 3.83. The summed E-state index contributed by atoms with van der Waals surface area (Å²) in [6.07, 6.45) is 5.71. The Morgan fingerprint density at radius 1 is 1.42 bits per heavy atom. The summed E-state index contributed by atoms with van der Waals surface area (Å²) in [6, 6.07) is 7.95. The summed E-state index contributed by atoms with van der Waals surface area (Å²) in [7, 11) is 0. The molecule has 1 aromatic carbocycles. The highest BCUT2D eigenvalue weighted by Gasteiger charge is 2.44. The minimum atomic E-state index is -1.11. The Hall–Kier alpha value is -2.18. The average Bonchev–Trinajstić information content (AvgIpc) is 2.92. The highest BCUT2D eigenvalue weighted by molar-refractivity contribution is 6.03. The van der Waals surface area contributed by atoms with E-state index >= 15 is 0 Å². The van der Waals surface area contributed by atoms with Crippen LogP contribution in [0.2, 0.25) is 0 Å². The molecule has 0 bridgehead atoms. The molecule has 6 nitrogen and oxygen atoms in total. The van der Waals surface area contributed by atoms with Crippen molar-refractivity contribution < 1.29 is 14.3 Å². The van der Waals surface area contributed by atoms with E-state index in [9.17, 15) is 9.59 Å². The Morgan fingerprint density at radius 3 is 3.00 bits per heavy atom. The Balaban J connectivity index is 1.78. The van der Waals surface area contributed by atoms with Crippen molar-refractivity contribution in [3.05, 3.63) is 42.0 Å². The van der Waals surface area contributed by atoms with Crippen molar-refractivity contribution in [1.29, 1.82) is 0 Å². The molecule has 2 heterocycles. The first kappa shape index (κ1) is 18.6. The van der Waals surface area contributed by atoms with Gasteiger partial charge in [0.25, 0.3) is 11.8 Å². The van der Waals surface area contributed by atoms with Crippen LogP contribution in [0.5, 0.6) is 0 Å². The van der Waals surface area contributed by atoms with Gasteiger partial charge in [-0.05, 0) is 43.5 Å². The lowest BCUT2D eigenvalue weighted by atomic mass is 9.83. The number of carbonyl (C=O) groups is 2. The van der Waals surface area contributed by atoms with Gasteiger partial charge in [-0.1, -0.05) is 31.2 Å². The summed E-state index contributed by atoms with van der Waals surface area (Å²) in [4.78, 5) is 26.7. The van der Waals surface area contributed by atoms with E-state index < -0.39 is 11.5 Å². The zero-order chi connectivity index (χ0) is 18.6. The lowest BCUT2D eigenvalue weighted by Crippen LogP contribution is -2.56. The molecule has 1 aromatic rings. The molecular formula is C20H27N3O3. The predicted octanol–water partition coefficient (Wildman–Crippen LogP) is 1.39. The fourth-order valence-corrected chi connectivity index (χ4v) is 3.83. The third-order valence-electron chi connectivity index (χ3n) is 5.33. The molecule has 0 radical (unpaired) electrons. The van der Waals surface area contributed by atoms with Gasteiger partial charge in [0, 0.05) is 31.3 Å². The predicted molar refractivity (Wildman–Crippen MR) is 101 cm³/mol. The molecule has 2 amide bonds. The van der Waals surface area contributed by atoms with Crippen molar-refractivity contribution in [2.24, 2.45) is 11.7 Å². The number of nitrogens with one attached hydrogen (secondary N) is 1. The number of nitrogens with two attached hydrogens (primary N) is 1. The van der Waals surface area contributed by atoms with Crippen LogP contribution in [0.3, 0.4) is 0 Å². The third kappa shape index (κ3) is 3.52. The number of primary amides is 1. The van der Waals surface area contributed by atoms with E-state index in [1.807, 2.05) is 31.2 Å². The Labute approximate surface area is 154 Å². The highest BCUT2D eigenvalue weighted by atomic mass is 16.5. The van der Waals surface area contributed by atoms with Crippen LogP contribution >= 0.6 is 0 Å². The number of rotatable bonds is 5. The lowest BCUT2D eigenvalue weighted by molar-refractivity contribution is -0.147. The maximum Gasteiger partial charge on any atom is 0.251 e. The summed E-state index contributed by atoms with van der Waals surface area (Å²) in [5, 5.41) is 3.23. The molecule has 0 aliphatic carbocycles. The molecule has 2 aliphatic rings. The number of ether oxygens (including phenoxy) is 1. The number of para-hydroxylation sites is 1. The second kappa shape index (κ2) is 8.01. The highest BCUT2D eigenvalue weighted by Crippen LogP contribution is 2.30. The van der Waals surface area contributed by atoms with E-state index in [0.717, 1.165) is 25.1 Å². The molecule has 0 unspecified atom stereocenters. The SMILES string of the molecule is CC[C@@H](/C=C/C(=O)N1CCc2ccccc21)[C@@]1(C(N)=O)CNCCCO1. The van der Waals surface area contributed by atoms with Crippen LogP contribution in [0.25, 0.3) is 0 Å². The quantitative estimate of drug-likeness (QED) is 0.780. The number of hydrogen-bond acceptors (Lipinski definition) is 4. The monoisotopic (exact) mass is 357 g/mol. The van der Waals surface area contributed by atoms with E-state index in [0.29, 0.717) is 26.1 Å². The van der Waals surface area contributed by atoms with Gasteiger partial charge in [0.15, 0.2) is 5.60 Å². The second-order valence-corrected chi connectivity index (χ2v) is 6.87. The van der Waals surface area contributed by atoms with Crippen LogP contribution < -0.4 is 16.0 Å². The van der Waals surface area contributed by atoms with E-state index in [4.69, 9.17) is 10.5 Å². The number of amides is 2. The molecule has 2 atom stereocenters. The van der Waals surface area contributed by atoms with Crippen molar-refractivity contribution in [3.8, 4) is 0 Å². The minimum Gasteiger partial charge on any atom is -0.367 e. The van der Waals surface area contributed by atoms with Crippen molar-refractivity contribution in [1.82, 2.24) is 5.32 Å². The third-order valence-corrected chi connectivity index (χ3v) is 5.33. The van der Waals surface area contributed by atoms with Gasteiger partial charge in [0.2, 0.25) is 0 Å². The number of anilines is 1. The van der Waals surface area contributed by atoms with E-state index in [2.05, 4.69) is 5.32 Å². The van der Waals surface area contributed by atoms with Crippen LogP contribution in [-0.4, -0.2) is 43.7 Å². The molecule has 140 valence electrons. The zero-order valence-electron chi connectivity index (χ0n) is 15.2. The summed E-state index contributed by atoms with van der Waals surface area (Å²) in [5.41, 5.74) is 6.75. The van der Waals surface area contributed by atoms with Crippen molar-refractivity contribution in [2.75, 3.05) is 31.1 Å². The van der Waals surface area contributed by atoms with E-state index in [1.54, 1.807) is 17.1 Å². The molecule has 0 aromatic heterocycles. The Kier molecular flexibility index (Phi) is 5.74. The Bertz CT molecular complexity index is 693. The molecule has 0 saturated carbocycles. The summed E-state index contributed by atoms with van der Waals surface area (Å²) in [6.45, 7) is 4.29. The molecule has 2 aliphatic heterocycles. The molecule has 26 heavy (non-hydrogen) atoms. The van der Waals surface area contributed by atoms with Crippen LogP contribution in [0.15, 0.2) is 36.4 Å². The van der Waals surface area contributed by atoms with Crippen LogP contribution in [0.1, 0.15) is 25.3 Å². The van der Waals surface area contributed by atoms with Gasteiger partial charge < -0.3 is 20.7 Å². The largest absolute Gasteiger partial charge is 0.367 e. The number of benzene rings is 1. The van der Waals surface area contributed by atoms with Gasteiger partial charge in [-0.15, -0.1) is 0 Å². The van der Waals surface area contributed by atoms with Gasteiger partial charge >= 0.3 is 0 Å². The minimum absolute atomic E-state index is 0.0744. The summed E-state index contributed by atoms with van der Waals surface area (Å²) >= 11 is 0. The number of carbonyl (C=O) groups excluding carboxylic acids is 2. The van der Waals surface area contributed by atoms with Crippen LogP contribution in [-0.2, 0) is 20.7 Å². The molecule has 1 fully saturated rings. The second-order valence-electron chi connectivity index (χ2n) is 6.87. The molecule has 3 N–H and O–H groups in total. The molecular weight excluding hydrogens is 330 g/mol. The van der Waals surface area contributed by atoms with E-state index in [1.165, 1.54) is 5.56 Å². The summed E-state index contributed by atoms with van der Waals surface area (Å²) in [5.74, 6) is -0.815. The number of fused-ring (bicyclic) bond motifs is 1. The standard InChI is InChI=1S/C20H27N3O3/c1-2-16(20(19(21)25)14-22-11-5-13-26-20)8-9-18(24)23-12-10-15-6-3-4-7-17(15)23/h3-4,6-9,16,22H,2,5,10-14H2,1H3,(H2,21,25)/b9-8+/t16-,20+/m0/s1. The van der Waals surface area contributed by atoms with Crippen LogP contribution in [0.4, 0.5) is 5.69 Å². The normalized spacial score (nSPS) is 24.3. The number of hydrogen-bond donors (Lipinski definition) is 2. The average molecular weight is 357 g/mol. The van der Waals surface area contributed by atoms with Crippen molar-refractivity contribution >= 4 is 17.5 Å². The van der Waals surface area contributed by atoms with Gasteiger partial charge in [-0.2, -0.15) is 0 Å². The maximum absolute atomic E-state index is 12.7. The first-order valence-electron chi connectivity index (χ1n) is 9.30. The van der Waals surface area contributed by atoms with Crippen molar-refractivity contribution in [2.45, 2.75) is 31.8 Å². The first-order chi connectivity index (χ1) is 12.6. The van der Waals surface area contributed by atoms with Gasteiger partial charge in [-0.3, -0.25) is 9.59 Å². The topological polar surface area (TPSA) is 84.7 Å². The van der Waals surface area contributed by atoms with Gasteiger partial charge in [0.1, 0.15) is 0 Å². The van der Waals surface area contributed by atoms with Gasteiger partial charge in [0.05, 0.1) is 0 Å². The van der Waals surface area contributed by atoms with Crippen molar-refractivity contribution in [3.63, 3.8) is 0 Å². The smallest absolute Gasteiger partial charge is 0.251 e. The Morgan fingerprint density at radius 2 is 2.23 bits per heavy atom. The summed E-state index contributed by atoms with van der Waals surface area (Å²) < 4.78 is 5.91. The zero-order valence-corrected chi connectivity index (χ0v) is 15.2. The molecule has 1 saturated heterocycles. The van der Waals surface area contributed by atoms with Crippen LogP contribution in [0, 0.1) is 5.92 Å². The fraction of sp³-hybridized carbons (Fsp3) is 0.500. The molecule has 3 rings (SSSR count). The van der Waals surface area contributed by atoms with E-state index in [-0.39, 0.29) is 11.8 Å².